The van der Waals surface area contributed by atoms with Gasteiger partial charge in [-0.05, 0) is 25.1 Å². The average Bonchev–Trinajstić information content (AvgIpc) is 3.25. The lowest BCUT2D eigenvalue weighted by Crippen LogP contribution is -2.40. The summed E-state index contributed by atoms with van der Waals surface area (Å²) in [4.78, 5) is 17.4. The number of hydrogen-bond donors (Lipinski definition) is 2. The van der Waals surface area contributed by atoms with Crippen LogP contribution in [0.4, 0.5) is 5.82 Å². The van der Waals surface area contributed by atoms with Gasteiger partial charge in [-0.25, -0.2) is 9.69 Å². The van der Waals surface area contributed by atoms with Crippen molar-refractivity contribution < 1.29 is 4.79 Å². The molecule has 0 radical (unpaired) electrons. The Kier molecular flexibility index (Phi) is 4.05. The Balaban J connectivity index is 1.43. The summed E-state index contributed by atoms with van der Waals surface area (Å²) in [5, 5.41) is 17.1. The van der Waals surface area contributed by atoms with Crippen LogP contribution in [0.5, 0.6) is 0 Å². The molecule has 142 valence electrons. The lowest BCUT2D eigenvalue weighted by Gasteiger charge is -2.24. The molecule has 1 saturated heterocycles. The second-order valence-electron chi connectivity index (χ2n) is 7.27. The summed E-state index contributed by atoms with van der Waals surface area (Å²) in [6.07, 6.45) is 6.65. The van der Waals surface area contributed by atoms with E-state index in [-0.39, 0.29) is 12.1 Å². The lowest BCUT2D eigenvalue weighted by atomic mass is 10.00. The number of allylic oxidation sites excluding steroid dienone is 1. The van der Waals surface area contributed by atoms with Crippen LogP contribution in [0.2, 0.25) is 0 Å². The Morgan fingerprint density at radius 3 is 2.82 bits per heavy atom. The quantitative estimate of drug-likeness (QED) is 0.851. The van der Waals surface area contributed by atoms with Gasteiger partial charge in [-0.1, -0.05) is 17.7 Å². The molecular weight excluding hydrogens is 354 g/mol. The third-order valence-electron chi connectivity index (χ3n) is 5.28. The molecule has 5 rings (SSSR count). The monoisotopic (exact) mass is 375 g/mol. The number of carbonyl (C=O) groups excluding carboxylic acids is 1. The molecule has 3 aliphatic heterocycles. The zero-order valence-corrected chi connectivity index (χ0v) is 15.5. The molecule has 2 unspecified atom stereocenters. The smallest absolute Gasteiger partial charge is 0.238 e. The molecule has 2 aromatic rings. The van der Waals surface area contributed by atoms with Gasteiger partial charge in [0.2, 0.25) is 5.91 Å². The normalized spacial score (nSPS) is 23.0. The molecule has 0 aliphatic carbocycles. The molecule has 8 nitrogen and oxygen atoms in total. The van der Waals surface area contributed by atoms with Gasteiger partial charge in [0.05, 0.1) is 11.4 Å². The van der Waals surface area contributed by atoms with E-state index in [1.54, 1.807) is 28.2 Å². The predicted octanol–water partition coefficient (Wildman–Crippen LogP) is 1.65. The first kappa shape index (κ1) is 16.9. The number of aryl methyl sites for hydroxylation is 1. The largest absolute Gasteiger partial charge is 0.315 e. The molecule has 8 heteroatoms. The second-order valence-corrected chi connectivity index (χ2v) is 7.27. The predicted molar refractivity (Wildman–Crippen MR) is 108 cm³/mol. The highest BCUT2D eigenvalue weighted by Crippen LogP contribution is 2.27. The number of amides is 1. The molecule has 1 aromatic heterocycles. The van der Waals surface area contributed by atoms with Crippen molar-refractivity contribution in [1.82, 2.24) is 20.1 Å². The van der Waals surface area contributed by atoms with Crippen molar-refractivity contribution in [3.63, 3.8) is 0 Å². The Bertz CT molecular complexity index is 984. The van der Waals surface area contributed by atoms with Crippen molar-refractivity contribution in [2.45, 2.75) is 19.0 Å². The van der Waals surface area contributed by atoms with Crippen LogP contribution in [0.1, 0.15) is 17.2 Å². The van der Waals surface area contributed by atoms with Crippen LogP contribution >= 0.6 is 0 Å². The van der Waals surface area contributed by atoms with Gasteiger partial charge in [0, 0.05) is 43.7 Å². The topological polar surface area (TPSA) is 86.9 Å². The summed E-state index contributed by atoms with van der Waals surface area (Å²) >= 11 is 0. The van der Waals surface area contributed by atoms with Crippen molar-refractivity contribution in [2.24, 2.45) is 16.0 Å². The minimum Gasteiger partial charge on any atom is -0.315 e. The SMILES string of the molecule is Cc1ccc(-n2nc(C3CNC3)cc2NC(=O)C2C=NN3C=CC=NC23)cc1. The van der Waals surface area contributed by atoms with Gasteiger partial charge in [0.25, 0.3) is 0 Å². The van der Waals surface area contributed by atoms with E-state index in [1.165, 1.54) is 5.56 Å². The highest BCUT2D eigenvalue weighted by Gasteiger charge is 2.36. The summed E-state index contributed by atoms with van der Waals surface area (Å²) < 4.78 is 1.80. The van der Waals surface area contributed by atoms with E-state index in [4.69, 9.17) is 5.10 Å². The number of fused-ring (bicyclic) bond motifs is 1. The first-order valence-electron chi connectivity index (χ1n) is 9.40. The zero-order chi connectivity index (χ0) is 19.1. The maximum Gasteiger partial charge on any atom is 0.238 e. The second kappa shape index (κ2) is 6.72. The fraction of sp³-hybridized carbons (Fsp3) is 0.300. The average molecular weight is 375 g/mol. The Morgan fingerprint density at radius 1 is 1.25 bits per heavy atom. The zero-order valence-electron chi connectivity index (χ0n) is 15.5. The van der Waals surface area contributed by atoms with Gasteiger partial charge in [-0.2, -0.15) is 10.2 Å². The molecule has 3 aliphatic rings. The number of rotatable bonds is 4. The van der Waals surface area contributed by atoms with E-state index in [9.17, 15) is 4.79 Å². The minimum absolute atomic E-state index is 0.143. The summed E-state index contributed by atoms with van der Waals surface area (Å²) in [6.45, 7) is 3.86. The molecule has 1 fully saturated rings. The molecule has 0 saturated carbocycles. The molecule has 2 N–H and O–H groups in total. The van der Waals surface area contributed by atoms with Gasteiger partial charge in [-0.3, -0.25) is 9.79 Å². The molecule has 4 heterocycles. The molecule has 2 atom stereocenters. The van der Waals surface area contributed by atoms with E-state index in [2.05, 4.69) is 20.7 Å². The number of carbonyl (C=O) groups is 1. The summed E-state index contributed by atoms with van der Waals surface area (Å²) in [6, 6.07) is 10.1. The van der Waals surface area contributed by atoms with E-state index in [0.717, 1.165) is 24.5 Å². The van der Waals surface area contributed by atoms with Crippen LogP contribution in [0.15, 0.2) is 52.7 Å². The standard InChI is InChI=1S/C20H21N7O/c1-13-3-5-15(6-4-13)27-18(9-17(25-27)14-10-21-11-14)24-20(28)16-12-23-26-8-2-7-22-19(16)26/h2-9,12,14,16,19,21H,10-11H2,1H3,(H,24,28). The minimum atomic E-state index is -0.448. The fourth-order valence-electron chi connectivity index (χ4n) is 3.49. The van der Waals surface area contributed by atoms with E-state index in [0.29, 0.717) is 11.7 Å². The van der Waals surface area contributed by atoms with Gasteiger partial charge < -0.3 is 10.6 Å². The van der Waals surface area contributed by atoms with Gasteiger partial charge >= 0.3 is 0 Å². The number of anilines is 1. The van der Waals surface area contributed by atoms with Crippen LogP contribution < -0.4 is 10.6 Å². The van der Waals surface area contributed by atoms with Crippen LogP contribution in [-0.4, -0.2) is 52.4 Å². The van der Waals surface area contributed by atoms with Crippen molar-refractivity contribution >= 4 is 24.2 Å². The number of hydrazone groups is 1. The first-order valence-corrected chi connectivity index (χ1v) is 9.40. The summed E-state index contributed by atoms with van der Waals surface area (Å²) in [5.74, 6) is 0.448. The Labute approximate surface area is 162 Å². The number of nitrogens with zero attached hydrogens (tertiary/aromatic N) is 5. The number of hydrogen-bond acceptors (Lipinski definition) is 6. The van der Waals surface area contributed by atoms with E-state index >= 15 is 0 Å². The highest BCUT2D eigenvalue weighted by molar-refractivity contribution is 6.03. The molecule has 28 heavy (non-hydrogen) atoms. The number of aromatic nitrogens is 2. The third kappa shape index (κ3) is 2.91. The number of aliphatic imine (C=N–C) groups is 1. The molecule has 1 amide bonds. The van der Waals surface area contributed by atoms with Crippen molar-refractivity contribution in [3.05, 3.63) is 53.9 Å². The Hall–Kier alpha value is -3.26. The summed E-state index contributed by atoms with van der Waals surface area (Å²) in [7, 11) is 0. The van der Waals surface area contributed by atoms with Crippen molar-refractivity contribution in [1.29, 1.82) is 0 Å². The first-order chi connectivity index (χ1) is 13.7. The van der Waals surface area contributed by atoms with Gasteiger partial charge in [0.1, 0.15) is 11.7 Å². The number of nitrogens with one attached hydrogen (secondary N) is 2. The van der Waals surface area contributed by atoms with E-state index in [1.807, 2.05) is 43.5 Å². The molecular formula is C20H21N7O. The van der Waals surface area contributed by atoms with Crippen molar-refractivity contribution in [3.8, 4) is 5.69 Å². The maximum absolute atomic E-state index is 13.0. The summed E-state index contributed by atoms with van der Waals surface area (Å²) in [5.41, 5.74) is 3.07. The lowest BCUT2D eigenvalue weighted by molar-refractivity contribution is -0.118. The van der Waals surface area contributed by atoms with Gasteiger partial charge in [0.15, 0.2) is 6.17 Å². The van der Waals surface area contributed by atoms with Crippen LogP contribution in [0, 0.1) is 12.8 Å². The Morgan fingerprint density at radius 2 is 2.07 bits per heavy atom. The van der Waals surface area contributed by atoms with Gasteiger partial charge in [-0.15, -0.1) is 0 Å². The van der Waals surface area contributed by atoms with Crippen LogP contribution in [0.25, 0.3) is 5.69 Å². The molecule has 0 spiro atoms. The third-order valence-corrected chi connectivity index (χ3v) is 5.28. The highest BCUT2D eigenvalue weighted by atomic mass is 16.2. The van der Waals surface area contributed by atoms with Crippen LogP contribution in [0.3, 0.4) is 0 Å². The molecule has 1 aromatic carbocycles. The maximum atomic E-state index is 13.0. The number of benzene rings is 1. The fourth-order valence-corrected chi connectivity index (χ4v) is 3.49. The van der Waals surface area contributed by atoms with E-state index < -0.39 is 5.92 Å². The van der Waals surface area contributed by atoms with Crippen molar-refractivity contribution in [2.75, 3.05) is 18.4 Å². The van der Waals surface area contributed by atoms with Crippen LogP contribution in [-0.2, 0) is 4.79 Å². The molecule has 0 bridgehead atoms.